The van der Waals surface area contributed by atoms with Gasteiger partial charge in [0.25, 0.3) is 0 Å². The van der Waals surface area contributed by atoms with Gasteiger partial charge < -0.3 is 8.83 Å². The lowest BCUT2D eigenvalue weighted by molar-refractivity contribution is 0.648. The molecule has 13 aromatic rings. The molecule has 0 spiro atoms. The summed E-state index contributed by atoms with van der Waals surface area (Å²) in [7, 11) is 0. The standard InChI is InChI=1S/C64H42O2/c1-63(2)51-33-50-52(34-49(51)59-53(63)31-47(57-43-25-13-15-27-55(43)65-61(57)59)45-29-35-17-5-7-19-37(35)39-21-9-11-23-41(39)45)64(3,4)54-32-48(58-44-26-14-16-28-56(44)66-62(58)60(50)54)46-30-36-18-6-8-20-38(36)40-22-10-12-24-42(40)46/h5-34H,1-4H3. The molecule has 0 saturated carbocycles. The summed E-state index contributed by atoms with van der Waals surface area (Å²) in [4.78, 5) is 0. The van der Waals surface area contributed by atoms with E-state index in [-0.39, 0.29) is 10.8 Å². The van der Waals surface area contributed by atoms with Crippen LogP contribution in [0.15, 0.2) is 191 Å². The molecule has 11 aromatic carbocycles. The second kappa shape index (κ2) is 12.4. The van der Waals surface area contributed by atoms with Crippen LogP contribution in [-0.2, 0) is 10.8 Å². The highest BCUT2D eigenvalue weighted by molar-refractivity contribution is 6.25. The molecule has 310 valence electrons. The van der Waals surface area contributed by atoms with E-state index in [2.05, 4.69) is 210 Å². The maximum atomic E-state index is 7.15. The number of hydrogen-bond acceptors (Lipinski definition) is 2. The first-order valence-corrected chi connectivity index (χ1v) is 23.2. The first-order valence-electron chi connectivity index (χ1n) is 23.2. The number of para-hydroxylation sites is 2. The van der Waals surface area contributed by atoms with Gasteiger partial charge in [-0.1, -0.05) is 161 Å². The van der Waals surface area contributed by atoms with Crippen molar-refractivity contribution in [2.45, 2.75) is 38.5 Å². The maximum Gasteiger partial charge on any atom is 0.144 e. The number of hydrogen-bond donors (Lipinski definition) is 0. The van der Waals surface area contributed by atoms with Crippen molar-refractivity contribution < 1.29 is 8.83 Å². The Bertz CT molecular complexity index is 4060. The van der Waals surface area contributed by atoms with Crippen LogP contribution in [-0.4, -0.2) is 0 Å². The lowest BCUT2D eigenvalue weighted by Crippen LogP contribution is -2.17. The van der Waals surface area contributed by atoms with E-state index < -0.39 is 0 Å². The van der Waals surface area contributed by atoms with Crippen molar-refractivity contribution in [3.8, 4) is 44.5 Å². The Morgan fingerprint density at radius 3 is 1.05 bits per heavy atom. The molecule has 0 atom stereocenters. The normalized spacial score (nSPS) is 14.6. The third kappa shape index (κ3) is 4.51. The van der Waals surface area contributed by atoms with Crippen LogP contribution in [0.5, 0.6) is 0 Å². The van der Waals surface area contributed by atoms with Crippen LogP contribution in [0, 0.1) is 0 Å². The zero-order chi connectivity index (χ0) is 43.8. The molecule has 2 heteroatoms. The van der Waals surface area contributed by atoms with Crippen molar-refractivity contribution >= 4 is 87.0 Å². The minimum Gasteiger partial charge on any atom is -0.455 e. The van der Waals surface area contributed by atoms with E-state index in [1.807, 2.05) is 0 Å². The third-order valence-electron chi connectivity index (χ3n) is 15.8. The monoisotopic (exact) mass is 842 g/mol. The van der Waals surface area contributed by atoms with Gasteiger partial charge in [-0.05, 0) is 147 Å². The predicted molar refractivity (Wildman–Crippen MR) is 277 cm³/mol. The average molecular weight is 843 g/mol. The van der Waals surface area contributed by atoms with Crippen LogP contribution in [0.4, 0.5) is 0 Å². The van der Waals surface area contributed by atoms with E-state index in [9.17, 15) is 0 Å². The van der Waals surface area contributed by atoms with Gasteiger partial charge in [0.1, 0.15) is 22.3 Å². The molecular weight excluding hydrogens is 801 g/mol. The quantitative estimate of drug-likeness (QED) is 0.162. The van der Waals surface area contributed by atoms with Gasteiger partial charge in [-0.25, -0.2) is 0 Å². The Balaban J connectivity index is 1.02. The van der Waals surface area contributed by atoms with Gasteiger partial charge in [0.2, 0.25) is 0 Å². The molecule has 0 radical (unpaired) electrons. The molecule has 0 fully saturated rings. The van der Waals surface area contributed by atoms with Crippen molar-refractivity contribution in [1.82, 2.24) is 0 Å². The number of furan rings is 2. The van der Waals surface area contributed by atoms with Crippen molar-refractivity contribution in [2.75, 3.05) is 0 Å². The molecule has 66 heavy (non-hydrogen) atoms. The molecule has 0 unspecified atom stereocenters. The summed E-state index contributed by atoms with van der Waals surface area (Å²) in [6.45, 7) is 9.64. The van der Waals surface area contributed by atoms with E-state index in [4.69, 9.17) is 8.83 Å². The SMILES string of the molecule is CC1(C)c2cc3c(cc2-c2c1cc(-c1cc4ccccc4c4ccccc14)c1c2oc2ccccc21)C(C)(C)c1cc(-c2cc4ccccc4c4ccccc24)c2c(oc4ccccc42)c1-3. The molecule has 0 N–H and O–H groups in total. The Morgan fingerprint density at radius 1 is 0.288 bits per heavy atom. The molecule has 0 amide bonds. The molecule has 15 rings (SSSR count). The molecule has 2 nitrogen and oxygen atoms in total. The third-order valence-corrected chi connectivity index (χ3v) is 15.8. The lowest BCUT2D eigenvalue weighted by Gasteiger charge is -2.24. The highest BCUT2D eigenvalue weighted by Gasteiger charge is 2.45. The van der Waals surface area contributed by atoms with E-state index >= 15 is 0 Å². The summed E-state index contributed by atoms with van der Waals surface area (Å²) in [6.07, 6.45) is 0. The van der Waals surface area contributed by atoms with Crippen LogP contribution >= 0.6 is 0 Å². The summed E-state index contributed by atoms with van der Waals surface area (Å²) >= 11 is 0. The first-order chi connectivity index (χ1) is 32.3. The van der Waals surface area contributed by atoms with Crippen LogP contribution in [0.2, 0.25) is 0 Å². The number of rotatable bonds is 2. The fourth-order valence-electron chi connectivity index (χ4n) is 12.6. The van der Waals surface area contributed by atoms with Crippen LogP contribution in [0.3, 0.4) is 0 Å². The van der Waals surface area contributed by atoms with E-state index in [0.717, 1.165) is 33.1 Å². The Labute approximate surface area is 381 Å². The number of benzene rings is 11. The summed E-state index contributed by atoms with van der Waals surface area (Å²) in [5.41, 5.74) is 18.1. The minimum atomic E-state index is -0.335. The van der Waals surface area contributed by atoms with Gasteiger partial charge in [0.05, 0.1) is 0 Å². The fraction of sp³-hybridized carbons (Fsp3) is 0.0938. The van der Waals surface area contributed by atoms with Gasteiger partial charge in [-0.2, -0.15) is 0 Å². The van der Waals surface area contributed by atoms with Gasteiger partial charge >= 0.3 is 0 Å². The predicted octanol–water partition coefficient (Wildman–Crippen LogP) is 18.0. The molecule has 0 saturated heterocycles. The average Bonchev–Trinajstić information content (AvgIpc) is 4.05. The maximum absolute atomic E-state index is 7.15. The van der Waals surface area contributed by atoms with Crippen molar-refractivity contribution in [3.05, 3.63) is 204 Å². The molecule has 2 aliphatic carbocycles. The number of fused-ring (bicyclic) bond motifs is 20. The van der Waals surface area contributed by atoms with E-state index in [1.165, 1.54) is 121 Å². The van der Waals surface area contributed by atoms with Crippen LogP contribution in [0.25, 0.3) is 131 Å². The van der Waals surface area contributed by atoms with Gasteiger partial charge in [0.15, 0.2) is 0 Å². The minimum absolute atomic E-state index is 0.335. The Kier molecular flexibility index (Phi) is 6.86. The topological polar surface area (TPSA) is 26.3 Å². The smallest absolute Gasteiger partial charge is 0.144 e. The van der Waals surface area contributed by atoms with Crippen molar-refractivity contribution in [3.63, 3.8) is 0 Å². The largest absolute Gasteiger partial charge is 0.455 e. The summed E-state index contributed by atoms with van der Waals surface area (Å²) in [5.74, 6) is 0. The van der Waals surface area contributed by atoms with Crippen molar-refractivity contribution in [1.29, 1.82) is 0 Å². The summed E-state index contributed by atoms with van der Waals surface area (Å²) in [6, 6.07) is 67.4. The van der Waals surface area contributed by atoms with Crippen LogP contribution < -0.4 is 0 Å². The highest BCUT2D eigenvalue weighted by atomic mass is 16.3. The second-order valence-corrected chi connectivity index (χ2v) is 19.9. The molecule has 2 aliphatic rings. The lowest BCUT2D eigenvalue weighted by atomic mass is 9.78. The molecule has 2 aromatic heterocycles. The second-order valence-electron chi connectivity index (χ2n) is 19.9. The van der Waals surface area contributed by atoms with E-state index in [1.54, 1.807) is 0 Å². The molecule has 2 heterocycles. The van der Waals surface area contributed by atoms with Gasteiger partial charge in [-0.15, -0.1) is 0 Å². The molecule has 0 bridgehead atoms. The molecular formula is C64H42O2. The Morgan fingerprint density at radius 2 is 0.621 bits per heavy atom. The van der Waals surface area contributed by atoms with E-state index in [0.29, 0.717) is 0 Å². The zero-order valence-electron chi connectivity index (χ0n) is 37.1. The van der Waals surface area contributed by atoms with Gasteiger partial charge in [-0.3, -0.25) is 0 Å². The summed E-state index contributed by atoms with van der Waals surface area (Å²) in [5, 5.41) is 14.7. The van der Waals surface area contributed by atoms with Crippen molar-refractivity contribution in [2.24, 2.45) is 0 Å². The fourth-order valence-corrected chi connectivity index (χ4v) is 12.6. The zero-order valence-corrected chi connectivity index (χ0v) is 37.1. The van der Waals surface area contributed by atoms with Gasteiger partial charge in [0, 0.05) is 43.5 Å². The Hall–Kier alpha value is -7.94. The molecule has 0 aliphatic heterocycles. The van der Waals surface area contributed by atoms with Crippen LogP contribution in [0.1, 0.15) is 49.9 Å². The highest BCUT2D eigenvalue weighted by Crippen LogP contribution is 2.61. The summed E-state index contributed by atoms with van der Waals surface area (Å²) < 4.78 is 14.3. The first kappa shape index (κ1) is 36.4.